The van der Waals surface area contributed by atoms with Gasteiger partial charge in [0.15, 0.2) is 5.15 Å². The van der Waals surface area contributed by atoms with E-state index in [1.54, 1.807) is 0 Å². The van der Waals surface area contributed by atoms with E-state index in [1.165, 1.54) is 6.07 Å². The van der Waals surface area contributed by atoms with E-state index in [0.29, 0.717) is 0 Å². The van der Waals surface area contributed by atoms with Crippen molar-refractivity contribution in [1.82, 2.24) is 14.7 Å². The van der Waals surface area contributed by atoms with Crippen molar-refractivity contribution in [2.45, 2.75) is 0 Å². The fraction of sp³-hybridized carbons (Fsp3) is 0. The highest BCUT2D eigenvalue weighted by molar-refractivity contribution is 6.35. The minimum Gasteiger partial charge on any atom is -0.424 e. The Kier molecular flexibility index (Phi) is 2.17. The Morgan fingerprint density at radius 3 is 2.73 bits per heavy atom. The molecule has 2 aromatic rings. The highest BCUT2D eigenvalue weighted by Crippen LogP contribution is 2.20. The standard InChI is InChI=1S/C7H3Cl2N3O3/c8-3-1-2-4(5(9)11-3)12(15)7(14)6(13)10-2/h1,15H,(H,10,13). The van der Waals surface area contributed by atoms with Gasteiger partial charge in [-0.25, -0.2) is 4.98 Å². The molecule has 2 N–H and O–H groups in total. The SMILES string of the molecule is O=c1[nH]c2cc(Cl)nc(Cl)c2n(O)c1=O. The van der Waals surface area contributed by atoms with Crippen molar-refractivity contribution in [2.75, 3.05) is 0 Å². The predicted octanol–water partition coefficient (Wildman–Crippen LogP) is 0.629. The normalized spacial score (nSPS) is 10.8. The van der Waals surface area contributed by atoms with Gasteiger partial charge in [0.1, 0.15) is 10.7 Å². The summed E-state index contributed by atoms with van der Waals surface area (Å²) in [6, 6.07) is 1.27. The number of hydrogen-bond acceptors (Lipinski definition) is 4. The van der Waals surface area contributed by atoms with Gasteiger partial charge in [-0.2, -0.15) is 0 Å². The van der Waals surface area contributed by atoms with E-state index >= 15 is 0 Å². The van der Waals surface area contributed by atoms with Gasteiger partial charge >= 0.3 is 11.1 Å². The predicted molar refractivity (Wildman–Crippen MR) is 53.8 cm³/mol. The average molecular weight is 248 g/mol. The molecule has 78 valence electrons. The number of H-pyrrole nitrogens is 1. The van der Waals surface area contributed by atoms with Crippen LogP contribution < -0.4 is 11.1 Å². The fourth-order valence-electron chi connectivity index (χ4n) is 1.15. The smallest absolute Gasteiger partial charge is 0.349 e. The zero-order chi connectivity index (χ0) is 11.2. The van der Waals surface area contributed by atoms with Gasteiger partial charge in [0, 0.05) is 6.07 Å². The lowest BCUT2D eigenvalue weighted by molar-refractivity contribution is 0.186. The summed E-state index contributed by atoms with van der Waals surface area (Å²) in [6.45, 7) is 0. The number of nitrogens with one attached hydrogen (secondary N) is 1. The van der Waals surface area contributed by atoms with Gasteiger partial charge in [-0.15, -0.1) is 4.73 Å². The molecular formula is C7H3Cl2N3O3. The van der Waals surface area contributed by atoms with Crippen LogP contribution in [0.25, 0.3) is 11.0 Å². The fourth-order valence-corrected chi connectivity index (χ4v) is 1.66. The first-order valence-electron chi connectivity index (χ1n) is 3.71. The Hall–Kier alpha value is -1.53. The molecule has 0 atom stereocenters. The first kappa shape index (κ1) is 10.0. The zero-order valence-electron chi connectivity index (χ0n) is 6.99. The lowest BCUT2D eigenvalue weighted by atomic mass is 10.4. The molecule has 6 nitrogen and oxygen atoms in total. The minimum absolute atomic E-state index is 0.0433. The third kappa shape index (κ3) is 1.47. The molecule has 0 saturated carbocycles. The first-order valence-corrected chi connectivity index (χ1v) is 4.46. The van der Waals surface area contributed by atoms with Crippen molar-refractivity contribution in [2.24, 2.45) is 0 Å². The molecule has 0 saturated heterocycles. The molecule has 0 amide bonds. The van der Waals surface area contributed by atoms with Gasteiger partial charge in [-0.1, -0.05) is 23.2 Å². The van der Waals surface area contributed by atoms with E-state index in [1.807, 2.05) is 0 Å². The molecule has 0 bridgehead atoms. The highest BCUT2D eigenvalue weighted by Gasteiger charge is 2.11. The number of pyridine rings is 1. The molecule has 0 aliphatic heterocycles. The van der Waals surface area contributed by atoms with Gasteiger partial charge in [0.05, 0.1) is 5.52 Å². The third-order valence-corrected chi connectivity index (χ3v) is 2.22. The van der Waals surface area contributed by atoms with Crippen LogP contribution in [0.15, 0.2) is 15.7 Å². The molecule has 0 aromatic carbocycles. The van der Waals surface area contributed by atoms with Crippen molar-refractivity contribution >= 4 is 34.2 Å². The Bertz CT molecular complexity index is 661. The van der Waals surface area contributed by atoms with Crippen LogP contribution in [0.3, 0.4) is 0 Å². The van der Waals surface area contributed by atoms with Gasteiger partial charge < -0.3 is 10.2 Å². The van der Waals surface area contributed by atoms with Crippen LogP contribution in [0.5, 0.6) is 0 Å². The lowest BCUT2D eigenvalue weighted by Gasteiger charge is -2.03. The summed E-state index contributed by atoms with van der Waals surface area (Å²) >= 11 is 11.2. The molecule has 0 unspecified atom stereocenters. The van der Waals surface area contributed by atoms with E-state index in [9.17, 15) is 14.8 Å². The van der Waals surface area contributed by atoms with E-state index < -0.39 is 11.1 Å². The number of aromatic nitrogens is 3. The van der Waals surface area contributed by atoms with Crippen LogP contribution in [0.2, 0.25) is 10.3 Å². The summed E-state index contributed by atoms with van der Waals surface area (Å²) in [4.78, 5) is 27.9. The van der Waals surface area contributed by atoms with Gasteiger partial charge in [-0.05, 0) is 0 Å². The van der Waals surface area contributed by atoms with Crippen molar-refractivity contribution in [3.8, 4) is 0 Å². The number of hydrogen-bond donors (Lipinski definition) is 2. The van der Waals surface area contributed by atoms with Crippen molar-refractivity contribution in [3.63, 3.8) is 0 Å². The molecule has 0 radical (unpaired) electrons. The Morgan fingerprint density at radius 2 is 2.07 bits per heavy atom. The summed E-state index contributed by atoms with van der Waals surface area (Å²) in [5.74, 6) is 0. The van der Waals surface area contributed by atoms with Crippen molar-refractivity contribution < 1.29 is 5.21 Å². The van der Waals surface area contributed by atoms with Crippen LogP contribution in [-0.4, -0.2) is 19.9 Å². The van der Waals surface area contributed by atoms with Crippen molar-refractivity contribution in [3.05, 3.63) is 37.1 Å². The molecule has 0 aliphatic rings. The second kappa shape index (κ2) is 3.25. The minimum atomic E-state index is -1.13. The number of aromatic amines is 1. The van der Waals surface area contributed by atoms with Gasteiger partial charge in [0.2, 0.25) is 0 Å². The lowest BCUT2D eigenvalue weighted by Crippen LogP contribution is -2.35. The molecule has 0 spiro atoms. The summed E-state index contributed by atoms with van der Waals surface area (Å²) in [7, 11) is 0. The summed E-state index contributed by atoms with van der Waals surface area (Å²) in [5, 5.41) is 9.20. The maximum Gasteiger partial charge on any atom is 0.349 e. The molecule has 8 heteroatoms. The summed E-state index contributed by atoms with van der Waals surface area (Å²) in [6.07, 6.45) is 0. The highest BCUT2D eigenvalue weighted by atomic mass is 35.5. The molecular weight excluding hydrogens is 245 g/mol. The van der Waals surface area contributed by atoms with Crippen LogP contribution >= 0.6 is 23.2 Å². The number of nitrogens with zero attached hydrogens (tertiary/aromatic N) is 2. The Labute approximate surface area is 91.7 Å². The molecule has 2 aromatic heterocycles. The number of rotatable bonds is 0. The van der Waals surface area contributed by atoms with Crippen LogP contribution in [0.1, 0.15) is 0 Å². The van der Waals surface area contributed by atoms with Crippen LogP contribution in [0.4, 0.5) is 0 Å². The van der Waals surface area contributed by atoms with Crippen LogP contribution in [-0.2, 0) is 0 Å². The third-order valence-electron chi connectivity index (χ3n) is 1.77. The Morgan fingerprint density at radius 1 is 1.40 bits per heavy atom. The quantitative estimate of drug-likeness (QED) is 0.406. The number of halogens is 2. The second-order valence-corrected chi connectivity index (χ2v) is 3.45. The maximum absolute atomic E-state index is 11.1. The van der Waals surface area contributed by atoms with E-state index in [4.69, 9.17) is 23.2 Å². The average Bonchev–Trinajstić information content (AvgIpc) is 2.13. The zero-order valence-corrected chi connectivity index (χ0v) is 8.50. The maximum atomic E-state index is 11.1. The molecule has 0 aliphatic carbocycles. The summed E-state index contributed by atoms with van der Waals surface area (Å²) in [5.41, 5.74) is -2.06. The monoisotopic (exact) mass is 247 g/mol. The van der Waals surface area contributed by atoms with E-state index in [0.717, 1.165) is 0 Å². The van der Waals surface area contributed by atoms with Gasteiger partial charge in [-0.3, -0.25) is 9.59 Å². The Balaban J connectivity index is 3.13. The number of fused-ring (bicyclic) bond motifs is 1. The van der Waals surface area contributed by atoms with E-state index in [2.05, 4.69) is 9.97 Å². The topological polar surface area (TPSA) is 88.0 Å². The van der Waals surface area contributed by atoms with Gasteiger partial charge in [0.25, 0.3) is 0 Å². The molecule has 0 fully saturated rings. The van der Waals surface area contributed by atoms with E-state index in [-0.39, 0.29) is 26.1 Å². The largest absolute Gasteiger partial charge is 0.424 e. The summed E-state index contributed by atoms with van der Waals surface area (Å²) < 4.78 is 0.139. The molecule has 2 rings (SSSR count). The van der Waals surface area contributed by atoms with Crippen LogP contribution in [0, 0.1) is 0 Å². The first-order chi connectivity index (χ1) is 7.00. The van der Waals surface area contributed by atoms with Crippen molar-refractivity contribution in [1.29, 1.82) is 0 Å². The second-order valence-electron chi connectivity index (χ2n) is 2.70. The molecule has 2 heterocycles. The molecule has 15 heavy (non-hydrogen) atoms.